The zero-order chi connectivity index (χ0) is 15.4. The number of nitrogens with zero attached hydrogens (tertiary/aromatic N) is 3. The van der Waals surface area contributed by atoms with Gasteiger partial charge in [0.05, 0.1) is 9.95 Å². The minimum Gasteiger partial charge on any atom is -0.432 e. The topological polar surface area (TPSA) is 90.2 Å². The van der Waals surface area contributed by atoms with Crippen LogP contribution in [-0.2, 0) is 0 Å². The first-order valence-corrected chi connectivity index (χ1v) is 6.65. The molecule has 0 saturated heterocycles. The second-order valence-electron chi connectivity index (χ2n) is 3.85. The van der Waals surface area contributed by atoms with Crippen LogP contribution < -0.4 is 10.1 Å². The van der Waals surface area contributed by atoms with E-state index in [1.54, 1.807) is 6.07 Å². The fourth-order valence-corrected chi connectivity index (χ4v) is 1.78. The van der Waals surface area contributed by atoms with Crippen molar-refractivity contribution in [1.82, 2.24) is 9.97 Å². The van der Waals surface area contributed by atoms with Gasteiger partial charge in [0.1, 0.15) is 11.9 Å². The van der Waals surface area contributed by atoms with Gasteiger partial charge in [0, 0.05) is 17.6 Å². The molecule has 0 spiro atoms. The van der Waals surface area contributed by atoms with Gasteiger partial charge < -0.3 is 10.1 Å². The standard InChI is InChI=1S/C12H10Cl2N4O3/c1-2-15-12-16-6-9(18(19)20)11(17-12)21-10-5-7(13)3-4-8(10)14/h3-6H,2H2,1H3,(H,15,16,17). The van der Waals surface area contributed by atoms with E-state index in [4.69, 9.17) is 27.9 Å². The highest BCUT2D eigenvalue weighted by Gasteiger charge is 2.20. The van der Waals surface area contributed by atoms with Gasteiger partial charge in [0.15, 0.2) is 0 Å². The normalized spacial score (nSPS) is 10.2. The molecule has 110 valence electrons. The summed E-state index contributed by atoms with van der Waals surface area (Å²) in [5.74, 6) is 0.180. The summed E-state index contributed by atoms with van der Waals surface area (Å²) in [4.78, 5) is 18.2. The van der Waals surface area contributed by atoms with Crippen LogP contribution in [0.1, 0.15) is 6.92 Å². The predicted octanol–water partition coefficient (Wildman–Crippen LogP) is 3.92. The first-order valence-electron chi connectivity index (χ1n) is 5.89. The van der Waals surface area contributed by atoms with E-state index >= 15 is 0 Å². The lowest BCUT2D eigenvalue weighted by Crippen LogP contribution is -2.05. The second kappa shape index (κ2) is 6.55. The lowest BCUT2D eigenvalue weighted by atomic mass is 10.3. The number of halogens is 2. The number of hydrogen-bond donors (Lipinski definition) is 1. The SMILES string of the molecule is CCNc1ncc([N+](=O)[O-])c(Oc2cc(Cl)ccc2Cl)n1. The maximum absolute atomic E-state index is 11.0. The maximum atomic E-state index is 11.0. The first kappa shape index (κ1) is 15.3. The van der Waals surface area contributed by atoms with Crippen LogP contribution >= 0.6 is 23.2 Å². The van der Waals surface area contributed by atoms with E-state index in [-0.39, 0.29) is 28.3 Å². The van der Waals surface area contributed by atoms with Crippen LogP contribution in [0.15, 0.2) is 24.4 Å². The van der Waals surface area contributed by atoms with Crippen LogP contribution in [0, 0.1) is 10.1 Å². The Labute approximate surface area is 130 Å². The third-order valence-corrected chi connectivity index (χ3v) is 2.91. The summed E-state index contributed by atoms with van der Waals surface area (Å²) >= 11 is 11.8. The number of anilines is 1. The molecule has 0 saturated carbocycles. The zero-order valence-electron chi connectivity index (χ0n) is 10.8. The van der Waals surface area contributed by atoms with Gasteiger partial charge in [-0.25, -0.2) is 4.98 Å². The van der Waals surface area contributed by atoms with Gasteiger partial charge in [0.2, 0.25) is 5.95 Å². The lowest BCUT2D eigenvalue weighted by Gasteiger charge is -2.08. The number of ether oxygens (including phenoxy) is 1. The fraction of sp³-hybridized carbons (Fsp3) is 0.167. The van der Waals surface area contributed by atoms with Crippen LogP contribution in [0.3, 0.4) is 0 Å². The van der Waals surface area contributed by atoms with Crippen molar-refractivity contribution in [2.75, 3.05) is 11.9 Å². The molecule has 0 amide bonds. The Balaban J connectivity index is 2.43. The molecular formula is C12H10Cl2N4O3. The average molecular weight is 329 g/mol. The molecule has 0 aliphatic rings. The molecule has 0 aliphatic heterocycles. The molecule has 0 unspecified atom stereocenters. The van der Waals surface area contributed by atoms with Gasteiger partial charge >= 0.3 is 11.6 Å². The largest absolute Gasteiger partial charge is 0.432 e. The molecule has 1 heterocycles. The van der Waals surface area contributed by atoms with Crippen LogP contribution in [0.4, 0.5) is 11.6 Å². The molecule has 2 rings (SSSR count). The highest BCUT2D eigenvalue weighted by Crippen LogP contribution is 2.35. The number of nitro groups is 1. The third kappa shape index (κ3) is 3.71. The average Bonchev–Trinajstić information content (AvgIpc) is 2.43. The Bertz CT molecular complexity index is 682. The summed E-state index contributed by atoms with van der Waals surface area (Å²) in [6, 6.07) is 4.55. The maximum Gasteiger partial charge on any atom is 0.349 e. The van der Waals surface area contributed by atoms with E-state index in [0.717, 1.165) is 6.20 Å². The van der Waals surface area contributed by atoms with Gasteiger partial charge in [0.25, 0.3) is 0 Å². The number of aromatic nitrogens is 2. The molecule has 1 aromatic heterocycles. The molecule has 7 nitrogen and oxygen atoms in total. The van der Waals surface area contributed by atoms with Crippen molar-refractivity contribution in [3.8, 4) is 11.6 Å². The molecule has 0 bridgehead atoms. The van der Waals surface area contributed by atoms with Gasteiger partial charge in [-0.1, -0.05) is 23.2 Å². The van der Waals surface area contributed by atoms with Crippen molar-refractivity contribution in [3.63, 3.8) is 0 Å². The smallest absolute Gasteiger partial charge is 0.349 e. The Morgan fingerprint density at radius 3 is 2.86 bits per heavy atom. The molecule has 0 atom stereocenters. The molecule has 1 N–H and O–H groups in total. The van der Waals surface area contributed by atoms with E-state index < -0.39 is 4.92 Å². The van der Waals surface area contributed by atoms with Crippen LogP contribution in [0.25, 0.3) is 0 Å². The van der Waals surface area contributed by atoms with Gasteiger partial charge in [-0.2, -0.15) is 4.98 Å². The fourth-order valence-electron chi connectivity index (χ4n) is 1.46. The summed E-state index contributed by atoms with van der Waals surface area (Å²) in [5, 5.41) is 14.5. The molecular weight excluding hydrogens is 319 g/mol. The summed E-state index contributed by atoms with van der Waals surface area (Å²) < 4.78 is 5.42. The minimum absolute atomic E-state index is 0.174. The number of rotatable bonds is 5. The lowest BCUT2D eigenvalue weighted by molar-refractivity contribution is -0.386. The van der Waals surface area contributed by atoms with Crippen molar-refractivity contribution in [3.05, 3.63) is 44.6 Å². The van der Waals surface area contributed by atoms with Gasteiger partial charge in [-0.15, -0.1) is 0 Å². The zero-order valence-corrected chi connectivity index (χ0v) is 12.4. The van der Waals surface area contributed by atoms with E-state index in [9.17, 15) is 10.1 Å². The number of nitrogens with one attached hydrogen (secondary N) is 1. The summed E-state index contributed by atoms with van der Waals surface area (Å²) in [6.07, 6.45) is 1.07. The highest BCUT2D eigenvalue weighted by molar-refractivity contribution is 6.34. The van der Waals surface area contributed by atoms with E-state index in [2.05, 4.69) is 15.3 Å². The first-order chi connectivity index (χ1) is 10.0. The van der Waals surface area contributed by atoms with Crippen molar-refractivity contribution in [1.29, 1.82) is 0 Å². The summed E-state index contributed by atoms with van der Waals surface area (Å²) in [5.41, 5.74) is -0.368. The molecule has 0 fully saturated rings. The van der Waals surface area contributed by atoms with Crippen molar-refractivity contribution >= 4 is 34.8 Å². The number of hydrogen-bond acceptors (Lipinski definition) is 6. The highest BCUT2D eigenvalue weighted by atomic mass is 35.5. The molecule has 1 aromatic carbocycles. The summed E-state index contributed by atoms with van der Waals surface area (Å²) in [7, 11) is 0. The van der Waals surface area contributed by atoms with Crippen molar-refractivity contribution in [2.24, 2.45) is 0 Å². The monoisotopic (exact) mass is 328 g/mol. The molecule has 21 heavy (non-hydrogen) atoms. The van der Waals surface area contributed by atoms with Crippen molar-refractivity contribution in [2.45, 2.75) is 6.92 Å². The Hall–Kier alpha value is -2.12. The van der Waals surface area contributed by atoms with E-state index in [0.29, 0.717) is 11.6 Å². The molecule has 0 aliphatic carbocycles. The van der Waals surface area contributed by atoms with Gasteiger partial charge in [-0.05, 0) is 19.1 Å². The van der Waals surface area contributed by atoms with Gasteiger partial charge in [-0.3, -0.25) is 10.1 Å². The van der Waals surface area contributed by atoms with Crippen LogP contribution in [0.2, 0.25) is 10.0 Å². The van der Waals surface area contributed by atoms with E-state index in [1.165, 1.54) is 12.1 Å². The third-order valence-electron chi connectivity index (χ3n) is 2.37. The molecule has 0 radical (unpaired) electrons. The Morgan fingerprint density at radius 1 is 1.43 bits per heavy atom. The Morgan fingerprint density at radius 2 is 2.19 bits per heavy atom. The quantitative estimate of drug-likeness (QED) is 0.660. The number of benzene rings is 1. The van der Waals surface area contributed by atoms with E-state index in [1.807, 2.05) is 6.92 Å². The second-order valence-corrected chi connectivity index (χ2v) is 4.69. The predicted molar refractivity (Wildman–Crippen MR) is 79.4 cm³/mol. The Kier molecular flexibility index (Phi) is 4.77. The molecule has 2 aromatic rings. The molecule has 9 heteroatoms. The minimum atomic E-state index is -0.635. The van der Waals surface area contributed by atoms with Crippen molar-refractivity contribution < 1.29 is 9.66 Å². The van der Waals surface area contributed by atoms with Crippen LogP contribution in [-0.4, -0.2) is 21.4 Å². The van der Waals surface area contributed by atoms with Crippen LogP contribution in [0.5, 0.6) is 11.6 Å². The summed E-state index contributed by atoms with van der Waals surface area (Å²) in [6.45, 7) is 2.41.